The van der Waals surface area contributed by atoms with Crippen LogP contribution in [0, 0.1) is 11.7 Å². The lowest BCUT2D eigenvalue weighted by Gasteiger charge is -2.36. The SMILES string of the molecule is CN(C(=O)NCC(=O)O)C1CCN(Cc2ccc(-c3cc4nccc(Oc5ccc(CC(=O)CC6CC6)cc5F)c4s3)nc2)CC1. The number of hydrogen-bond donors (Lipinski definition) is 2. The minimum absolute atomic E-state index is 0.0594. The van der Waals surface area contributed by atoms with Gasteiger partial charge in [0.25, 0.3) is 0 Å². The van der Waals surface area contributed by atoms with Gasteiger partial charge in [0.15, 0.2) is 11.6 Å². The molecule has 2 fully saturated rings. The molecule has 10 nitrogen and oxygen atoms in total. The van der Waals surface area contributed by atoms with Crippen LogP contribution in [0.4, 0.5) is 9.18 Å². The fraction of sp³-hybridized carbons (Fsp3) is 0.382. The van der Waals surface area contributed by atoms with Gasteiger partial charge in [0.2, 0.25) is 0 Å². The molecule has 12 heteroatoms. The molecule has 2 aliphatic rings. The Labute approximate surface area is 270 Å². The number of ether oxygens (including phenoxy) is 1. The second-order valence-electron chi connectivity index (χ2n) is 12.1. The standard InChI is InChI=1S/C34H36FN5O5S/c1-39(34(44)38-19-32(42)43)24-9-12-40(13-10-24)20-23-4-6-27(37-18-23)31-17-28-33(46-31)30(8-11-36-28)45-29-7-5-22(16-26(29)35)15-25(41)14-21-2-3-21/h4-8,11,16-18,21,24H,2-3,9-10,12-15,19-20H2,1H3,(H,38,44)(H,42,43). The molecule has 2 amide bonds. The third-order valence-corrected chi connectivity index (χ3v) is 9.67. The number of likely N-dealkylation sites (tertiary alicyclic amines) is 1. The van der Waals surface area contributed by atoms with Crippen molar-refractivity contribution < 1.29 is 28.6 Å². The summed E-state index contributed by atoms with van der Waals surface area (Å²) in [7, 11) is 1.70. The van der Waals surface area contributed by atoms with E-state index in [4.69, 9.17) is 14.8 Å². The molecular weight excluding hydrogens is 609 g/mol. The highest BCUT2D eigenvalue weighted by Gasteiger charge is 2.26. The van der Waals surface area contributed by atoms with Crippen LogP contribution < -0.4 is 10.1 Å². The fourth-order valence-electron chi connectivity index (χ4n) is 5.75. The maximum absolute atomic E-state index is 15.0. The summed E-state index contributed by atoms with van der Waals surface area (Å²) in [6.07, 6.45) is 8.15. The minimum Gasteiger partial charge on any atom is -0.480 e. The monoisotopic (exact) mass is 645 g/mol. The topological polar surface area (TPSA) is 125 Å². The average Bonchev–Trinajstić information content (AvgIpc) is 3.75. The normalized spacial score (nSPS) is 15.5. The maximum Gasteiger partial charge on any atom is 0.323 e. The number of carboxylic acids is 1. The maximum atomic E-state index is 15.0. The molecule has 1 saturated carbocycles. The third kappa shape index (κ3) is 7.86. The highest BCUT2D eigenvalue weighted by Crippen LogP contribution is 2.39. The number of nitrogens with zero attached hydrogens (tertiary/aromatic N) is 4. The molecule has 4 aromatic rings. The first kappa shape index (κ1) is 31.6. The van der Waals surface area contributed by atoms with Crippen molar-refractivity contribution in [1.29, 1.82) is 0 Å². The van der Waals surface area contributed by atoms with E-state index < -0.39 is 18.3 Å². The first-order chi connectivity index (χ1) is 22.2. The van der Waals surface area contributed by atoms with E-state index in [1.54, 1.807) is 36.3 Å². The largest absolute Gasteiger partial charge is 0.480 e. The predicted octanol–water partition coefficient (Wildman–Crippen LogP) is 5.89. The summed E-state index contributed by atoms with van der Waals surface area (Å²) in [4.78, 5) is 49.2. The van der Waals surface area contributed by atoms with E-state index in [0.29, 0.717) is 23.7 Å². The Kier molecular flexibility index (Phi) is 9.55. The van der Waals surface area contributed by atoms with Crippen LogP contribution in [0.25, 0.3) is 20.8 Å². The molecule has 1 aliphatic heterocycles. The van der Waals surface area contributed by atoms with Gasteiger partial charge >= 0.3 is 12.0 Å². The Morgan fingerprint density at radius 3 is 2.52 bits per heavy atom. The van der Waals surface area contributed by atoms with Crippen molar-refractivity contribution in [3.8, 4) is 22.1 Å². The Morgan fingerprint density at radius 2 is 1.83 bits per heavy atom. The summed E-state index contributed by atoms with van der Waals surface area (Å²) >= 11 is 1.48. The lowest BCUT2D eigenvalue weighted by molar-refractivity contribution is -0.135. The van der Waals surface area contributed by atoms with Gasteiger partial charge in [-0.05, 0) is 67.0 Å². The Bertz CT molecular complexity index is 1730. The van der Waals surface area contributed by atoms with Gasteiger partial charge in [-0.1, -0.05) is 12.1 Å². The molecule has 0 atom stereocenters. The summed E-state index contributed by atoms with van der Waals surface area (Å²) in [6.45, 7) is 1.97. The number of hydrogen-bond acceptors (Lipinski definition) is 8. The van der Waals surface area contributed by atoms with Crippen LogP contribution in [-0.4, -0.2) is 75.4 Å². The van der Waals surface area contributed by atoms with Crippen molar-refractivity contribution in [1.82, 2.24) is 25.1 Å². The number of amides is 2. The number of rotatable bonds is 12. The number of fused-ring (bicyclic) bond motifs is 1. The molecule has 240 valence electrons. The average molecular weight is 646 g/mol. The lowest BCUT2D eigenvalue weighted by atomic mass is 10.0. The number of urea groups is 1. The lowest BCUT2D eigenvalue weighted by Crippen LogP contribution is -2.49. The molecule has 1 aromatic carbocycles. The first-order valence-electron chi connectivity index (χ1n) is 15.5. The number of carboxylic acid groups (broad SMARTS) is 1. The van der Waals surface area contributed by atoms with Gasteiger partial charge in [0.05, 0.1) is 20.8 Å². The number of piperidine rings is 1. The van der Waals surface area contributed by atoms with Gasteiger partial charge < -0.3 is 20.1 Å². The number of ketones is 1. The molecule has 0 radical (unpaired) electrons. The molecule has 4 heterocycles. The van der Waals surface area contributed by atoms with Crippen LogP contribution in [-0.2, 0) is 22.6 Å². The second kappa shape index (κ2) is 13.9. The fourth-order valence-corrected chi connectivity index (χ4v) is 6.79. The summed E-state index contributed by atoms with van der Waals surface area (Å²) in [5.41, 5.74) is 3.26. The van der Waals surface area contributed by atoms with Gasteiger partial charge in [-0.2, -0.15) is 0 Å². The van der Waals surface area contributed by atoms with Crippen molar-refractivity contribution >= 4 is 39.3 Å². The highest BCUT2D eigenvalue weighted by molar-refractivity contribution is 7.22. The van der Waals surface area contributed by atoms with Gasteiger partial charge in [-0.15, -0.1) is 11.3 Å². The molecule has 0 spiro atoms. The highest BCUT2D eigenvalue weighted by atomic mass is 32.1. The number of thiophene rings is 1. The Balaban J connectivity index is 1.05. The number of carbonyl (C=O) groups excluding carboxylic acids is 2. The first-order valence-corrected chi connectivity index (χ1v) is 16.3. The number of Topliss-reactive ketones (excluding diaryl/α,β-unsaturated/α-hetero) is 1. The van der Waals surface area contributed by atoms with Crippen LogP contribution in [0.3, 0.4) is 0 Å². The third-order valence-electron chi connectivity index (χ3n) is 8.51. The van der Waals surface area contributed by atoms with E-state index in [1.807, 2.05) is 18.3 Å². The second-order valence-corrected chi connectivity index (χ2v) is 13.1. The summed E-state index contributed by atoms with van der Waals surface area (Å²) in [6, 6.07) is 12.1. The molecule has 3 aromatic heterocycles. The van der Waals surface area contributed by atoms with Gasteiger partial charge in [-0.3, -0.25) is 24.5 Å². The number of benzene rings is 1. The van der Waals surface area contributed by atoms with Crippen molar-refractivity contribution in [3.05, 3.63) is 71.8 Å². The number of nitrogens with one attached hydrogen (secondary N) is 1. The summed E-state index contributed by atoms with van der Waals surface area (Å²) in [5, 5.41) is 11.2. The molecular formula is C34H36FN5O5S. The number of halogens is 1. The quantitative estimate of drug-likeness (QED) is 0.195. The molecule has 6 rings (SSSR count). The van der Waals surface area contributed by atoms with Gasteiger partial charge in [0, 0.05) is 64.0 Å². The summed E-state index contributed by atoms with van der Waals surface area (Å²) < 4.78 is 21.8. The smallest absolute Gasteiger partial charge is 0.323 e. The zero-order valence-electron chi connectivity index (χ0n) is 25.6. The molecule has 2 N–H and O–H groups in total. The Morgan fingerprint density at radius 1 is 1.04 bits per heavy atom. The van der Waals surface area contributed by atoms with Crippen LogP contribution in [0.5, 0.6) is 11.5 Å². The molecule has 46 heavy (non-hydrogen) atoms. The molecule has 0 bridgehead atoms. The van der Waals surface area contributed by atoms with E-state index in [1.165, 1.54) is 17.4 Å². The minimum atomic E-state index is -1.07. The number of aliphatic carboxylic acids is 1. The van der Waals surface area contributed by atoms with Gasteiger partial charge in [-0.25, -0.2) is 9.18 Å². The van der Waals surface area contributed by atoms with Gasteiger partial charge in [0.1, 0.15) is 18.1 Å². The van der Waals surface area contributed by atoms with Crippen LogP contribution in [0.1, 0.15) is 43.2 Å². The van der Waals surface area contributed by atoms with E-state index >= 15 is 0 Å². The zero-order chi connectivity index (χ0) is 32.2. The zero-order valence-corrected chi connectivity index (χ0v) is 26.4. The summed E-state index contributed by atoms with van der Waals surface area (Å²) in [5.74, 6) is -0.316. The van der Waals surface area contributed by atoms with E-state index in [9.17, 15) is 18.8 Å². The van der Waals surface area contributed by atoms with Crippen LogP contribution >= 0.6 is 11.3 Å². The van der Waals surface area contributed by atoms with Crippen LogP contribution in [0.2, 0.25) is 0 Å². The van der Waals surface area contributed by atoms with Crippen molar-refractivity contribution in [2.75, 3.05) is 26.7 Å². The number of aromatic nitrogens is 2. The number of pyridine rings is 2. The van der Waals surface area contributed by atoms with Crippen LogP contribution in [0.15, 0.2) is 54.9 Å². The van der Waals surface area contributed by atoms with E-state index in [2.05, 4.69) is 21.3 Å². The predicted molar refractivity (Wildman–Crippen MR) is 172 cm³/mol. The number of carbonyl (C=O) groups is 3. The molecule has 1 saturated heterocycles. The van der Waals surface area contributed by atoms with Crippen molar-refractivity contribution in [2.45, 2.75) is 51.1 Å². The van der Waals surface area contributed by atoms with E-state index in [-0.39, 0.29) is 30.0 Å². The Hall–Kier alpha value is -4.42. The molecule has 1 aliphatic carbocycles. The van der Waals surface area contributed by atoms with Crippen molar-refractivity contribution in [2.24, 2.45) is 5.92 Å². The molecule has 0 unspecified atom stereocenters. The van der Waals surface area contributed by atoms with Crippen molar-refractivity contribution in [3.63, 3.8) is 0 Å². The van der Waals surface area contributed by atoms with E-state index in [0.717, 1.165) is 71.7 Å².